The molecule has 0 saturated carbocycles. The average Bonchev–Trinajstić information content (AvgIpc) is 2.89. The standard InChI is InChI=1S/C17H22N2O3/c1-3-17(4-2,11-16(21)22)18-15(20)12-19-10-9-13-7-5-6-8-14(13)19/h5-10H,3-4,11-12H2,1-2H3,(H,18,20)(H,21,22). The van der Waals surface area contributed by atoms with Gasteiger partial charge in [-0.25, -0.2) is 0 Å². The molecule has 0 bridgehead atoms. The summed E-state index contributed by atoms with van der Waals surface area (Å²) < 4.78 is 1.88. The Kier molecular flexibility index (Phi) is 4.85. The fraction of sp³-hybridized carbons (Fsp3) is 0.412. The predicted octanol–water partition coefficient (Wildman–Crippen LogP) is 2.79. The zero-order valence-corrected chi connectivity index (χ0v) is 13.0. The normalized spacial score (nSPS) is 11.5. The van der Waals surface area contributed by atoms with E-state index in [1.54, 1.807) is 0 Å². The van der Waals surface area contributed by atoms with Gasteiger partial charge in [-0.05, 0) is 30.4 Å². The van der Waals surface area contributed by atoms with Crippen molar-refractivity contribution in [2.75, 3.05) is 0 Å². The summed E-state index contributed by atoms with van der Waals surface area (Å²) in [7, 11) is 0. The maximum atomic E-state index is 12.3. The molecule has 0 aliphatic carbocycles. The average molecular weight is 302 g/mol. The highest BCUT2D eigenvalue weighted by Crippen LogP contribution is 2.20. The number of aliphatic carboxylic acids is 1. The van der Waals surface area contributed by atoms with Gasteiger partial charge < -0.3 is 15.0 Å². The monoisotopic (exact) mass is 302 g/mol. The van der Waals surface area contributed by atoms with Gasteiger partial charge in [-0.15, -0.1) is 0 Å². The zero-order chi connectivity index (χ0) is 16.2. The first kappa shape index (κ1) is 16.1. The molecule has 1 heterocycles. The molecule has 2 rings (SSSR count). The van der Waals surface area contributed by atoms with Crippen molar-refractivity contribution in [2.24, 2.45) is 0 Å². The topological polar surface area (TPSA) is 71.3 Å². The van der Waals surface area contributed by atoms with Gasteiger partial charge in [-0.1, -0.05) is 32.0 Å². The van der Waals surface area contributed by atoms with E-state index in [-0.39, 0.29) is 18.9 Å². The maximum absolute atomic E-state index is 12.3. The van der Waals surface area contributed by atoms with E-state index in [9.17, 15) is 9.59 Å². The first-order valence-electron chi connectivity index (χ1n) is 7.56. The number of nitrogens with zero attached hydrogens (tertiary/aromatic N) is 1. The molecular weight excluding hydrogens is 280 g/mol. The van der Waals surface area contributed by atoms with Crippen molar-refractivity contribution in [2.45, 2.75) is 45.2 Å². The molecule has 1 aromatic carbocycles. The van der Waals surface area contributed by atoms with E-state index in [0.717, 1.165) is 10.9 Å². The molecular formula is C17H22N2O3. The molecule has 0 aliphatic rings. The molecule has 22 heavy (non-hydrogen) atoms. The van der Waals surface area contributed by atoms with Crippen LogP contribution >= 0.6 is 0 Å². The summed E-state index contributed by atoms with van der Waals surface area (Å²) in [6, 6.07) is 9.82. The van der Waals surface area contributed by atoms with Gasteiger partial charge in [0.15, 0.2) is 0 Å². The Balaban J connectivity index is 2.12. The molecule has 1 amide bonds. The van der Waals surface area contributed by atoms with Gasteiger partial charge in [0.05, 0.1) is 12.0 Å². The van der Waals surface area contributed by atoms with Crippen LogP contribution in [0.4, 0.5) is 0 Å². The van der Waals surface area contributed by atoms with Crippen LogP contribution in [0.2, 0.25) is 0 Å². The van der Waals surface area contributed by atoms with E-state index in [4.69, 9.17) is 5.11 Å². The summed E-state index contributed by atoms with van der Waals surface area (Å²) in [4.78, 5) is 23.4. The molecule has 118 valence electrons. The minimum Gasteiger partial charge on any atom is -0.481 e. The Bertz CT molecular complexity index is 671. The van der Waals surface area contributed by atoms with Gasteiger partial charge in [0.2, 0.25) is 5.91 Å². The van der Waals surface area contributed by atoms with Crippen LogP contribution in [0.1, 0.15) is 33.1 Å². The maximum Gasteiger partial charge on any atom is 0.305 e. The number of hydrogen-bond donors (Lipinski definition) is 2. The number of benzene rings is 1. The Morgan fingerprint density at radius 1 is 1.18 bits per heavy atom. The number of aromatic nitrogens is 1. The smallest absolute Gasteiger partial charge is 0.305 e. The fourth-order valence-electron chi connectivity index (χ4n) is 2.78. The van der Waals surface area contributed by atoms with E-state index in [1.807, 2.05) is 54.9 Å². The summed E-state index contributed by atoms with van der Waals surface area (Å²) in [6.45, 7) is 3.99. The molecule has 0 unspecified atom stereocenters. The van der Waals surface area contributed by atoms with Gasteiger partial charge in [-0.3, -0.25) is 9.59 Å². The lowest BCUT2D eigenvalue weighted by Gasteiger charge is -2.31. The zero-order valence-electron chi connectivity index (χ0n) is 13.0. The highest BCUT2D eigenvalue weighted by atomic mass is 16.4. The van der Waals surface area contributed by atoms with Crippen molar-refractivity contribution < 1.29 is 14.7 Å². The number of carbonyl (C=O) groups excluding carboxylic acids is 1. The lowest BCUT2D eigenvalue weighted by atomic mass is 9.89. The number of rotatable bonds is 7. The third-order valence-corrected chi connectivity index (χ3v) is 4.24. The molecule has 0 aliphatic heterocycles. The van der Waals surface area contributed by atoms with E-state index < -0.39 is 11.5 Å². The van der Waals surface area contributed by atoms with Crippen LogP contribution in [0.5, 0.6) is 0 Å². The number of carboxylic acid groups (broad SMARTS) is 1. The van der Waals surface area contributed by atoms with Crippen molar-refractivity contribution >= 4 is 22.8 Å². The van der Waals surface area contributed by atoms with Crippen LogP contribution in [-0.4, -0.2) is 27.1 Å². The summed E-state index contributed by atoms with van der Waals surface area (Å²) in [6.07, 6.45) is 3.00. The number of para-hydroxylation sites is 1. The summed E-state index contributed by atoms with van der Waals surface area (Å²) >= 11 is 0. The molecule has 0 saturated heterocycles. The third-order valence-electron chi connectivity index (χ3n) is 4.24. The second kappa shape index (κ2) is 6.64. The molecule has 0 fully saturated rings. The second-order valence-corrected chi connectivity index (χ2v) is 5.61. The lowest BCUT2D eigenvalue weighted by molar-refractivity contribution is -0.139. The van der Waals surface area contributed by atoms with Crippen molar-refractivity contribution in [3.8, 4) is 0 Å². The highest BCUT2D eigenvalue weighted by Gasteiger charge is 2.30. The molecule has 5 heteroatoms. The van der Waals surface area contributed by atoms with E-state index in [1.165, 1.54) is 0 Å². The van der Waals surface area contributed by atoms with Crippen molar-refractivity contribution in [1.29, 1.82) is 0 Å². The Labute approximate surface area is 129 Å². The van der Waals surface area contributed by atoms with Gasteiger partial charge in [0, 0.05) is 11.7 Å². The Morgan fingerprint density at radius 2 is 1.86 bits per heavy atom. The minimum absolute atomic E-state index is 0.0574. The number of amides is 1. The van der Waals surface area contributed by atoms with Crippen LogP contribution in [0.25, 0.3) is 10.9 Å². The van der Waals surface area contributed by atoms with Crippen molar-refractivity contribution in [3.05, 3.63) is 36.5 Å². The Morgan fingerprint density at radius 3 is 2.50 bits per heavy atom. The van der Waals surface area contributed by atoms with Gasteiger partial charge in [0.25, 0.3) is 0 Å². The number of nitrogens with one attached hydrogen (secondary N) is 1. The molecule has 0 atom stereocenters. The summed E-state index contributed by atoms with van der Waals surface area (Å²) in [5.41, 5.74) is 0.320. The van der Waals surface area contributed by atoms with E-state index in [0.29, 0.717) is 12.8 Å². The van der Waals surface area contributed by atoms with Gasteiger partial charge >= 0.3 is 5.97 Å². The first-order valence-corrected chi connectivity index (χ1v) is 7.56. The van der Waals surface area contributed by atoms with Crippen LogP contribution in [0.3, 0.4) is 0 Å². The number of carboxylic acids is 1. The predicted molar refractivity (Wildman–Crippen MR) is 85.6 cm³/mol. The van der Waals surface area contributed by atoms with Crippen LogP contribution in [0.15, 0.2) is 36.5 Å². The third kappa shape index (κ3) is 3.47. The van der Waals surface area contributed by atoms with E-state index in [2.05, 4.69) is 5.32 Å². The van der Waals surface area contributed by atoms with E-state index >= 15 is 0 Å². The Hall–Kier alpha value is -2.30. The number of hydrogen-bond acceptors (Lipinski definition) is 2. The minimum atomic E-state index is -0.893. The van der Waals surface area contributed by atoms with Gasteiger partial charge in [-0.2, -0.15) is 0 Å². The van der Waals surface area contributed by atoms with Crippen LogP contribution in [-0.2, 0) is 16.1 Å². The van der Waals surface area contributed by atoms with Gasteiger partial charge in [0.1, 0.15) is 6.54 Å². The highest BCUT2D eigenvalue weighted by molar-refractivity contribution is 5.83. The molecule has 5 nitrogen and oxygen atoms in total. The molecule has 1 aromatic heterocycles. The lowest BCUT2D eigenvalue weighted by Crippen LogP contribution is -2.50. The molecule has 2 aromatic rings. The van der Waals surface area contributed by atoms with Crippen LogP contribution in [0, 0.1) is 0 Å². The quantitative estimate of drug-likeness (QED) is 0.826. The second-order valence-electron chi connectivity index (χ2n) is 5.61. The van der Waals surface area contributed by atoms with Crippen LogP contribution < -0.4 is 5.32 Å². The van der Waals surface area contributed by atoms with Crippen molar-refractivity contribution in [1.82, 2.24) is 9.88 Å². The summed E-state index contributed by atoms with van der Waals surface area (Å²) in [5, 5.41) is 13.1. The summed E-state index contributed by atoms with van der Waals surface area (Å²) in [5.74, 6) is -1.05. The number of carbonyl (C=O) groups is 2. The molecule has 0 spiro atoms. The SMILES string of the molecule is CCC(CC)(CC(=O)O)NC(=O)Cn1ccc2ccccc21. The fourth-order valence-corrected chi connectivity index (χ4v) is 2.78. The molecule has 0 radical (unpaired) electrons. The molecule has 2 N–H and O–H groups in total. The largest absolute Gasteiger partial charge is 0.481 e. The van der Waals surface area contributed by atoms with Crippen molar-refractivity contribution in [3.63, 3.8) is 0 Å². The first-order chi connectivity index (χ1) is 10.5. The number of fused-ring (bicyclic) bond motifs is 1.